The van der Waals surface area contributed by atoms with E-state index in [0.717, 1.165) is 9.87 Å². The summed E-state index contributed by atoms with van der Waals surface area (Å²) in [6.45, 7) is -0.217. The van der Waals surface area contributed by atoms with Crippen molar-refractivity contribution in [2.75, 3.05) is 18.0 Å². The average molecular weight is 479 g/mol. The Kier molecular flexibility index (Phi) is 7.43. The zero-order valence-corrected chi connectivity index (χ0v) is 18.9. The molecule has 0 bridgehead atoms. The Morgan fingerprint density at radius 1 is 1.00 bits per heavy atom. The minimum atomic E-state index is -4.05. The van der Waals surface area contributed by atoms with Gasteiger partial charge in [0.1, 0.15) is 12.3 Å². The SMILES string of the molecule is COc1ccc(CNC(=O)CN(c2ccc(Cl)cc2Cl)S(=O)(=O)c2ccccc2)cc1. The first-order valence-corrected chi connectivity index (χ1v) is 11.4. The van der Waals surface area contributed by atoms with Gasteiger partial charge in [0.05, 0.1) is 22.7 Å². The van der Waals surface area contributed by atoms with E-state index in [0.29, 0.717) is 10.8 Å². The molecular formula is C22H20Cl2N2O4S. The Hall–Kier alpha value is -2.74. The number of anilines is 1. The molecule has 3 aromatic carbocycles. The summed E-state index contributed by atoms with van der Waals surface area (Å²) >= 11 is 12.2. The van der Waals surface area contributed by atoms with E-state index in [9.17, 15) is 13.2 Å². The maximum atomic E-state index is 13.3. The van der Waals surface area contributed by atoms with Gasteiger partial charge in [-0.1, -0.05) is 53.5 Å². The summed E-state index contributed by atoms with van der Waals surface area (Å²) in [6, 6.07) is 19.5. The quantitative estimate of drug-likeness (QED) is 0.516. The van der Waals surface area contributed by atoms with E-state index in [2.05, 4.69) is 5.32 Å². The van der Waals surface area contributed by atoms with Gasteiger partial charge in [-0.2, -0.15) is 0 Å². The van der Waals surface area contributed by atoms with E-state index in [1.165, 1.54) is 30.3 Å². The fraction of sp³-hybridized carbons (Fsp3) is 0.136. The summed E-state index contributed by atoms with van der Waals surface area (Å²) < 4.78 is 32.7. The van der Waals surface area contributed by atoms with Crippen LogP contribution in [0.25, 0.3) is 0 Å². The van der Waals surface area contributed by atoms with E-state index in [-0.39, 0.29) is 22.2 Å². The summed E-state index contributed by atoms with van der Waals surface area (Å²) in [6.07, 6.45) is 0. The highest BCUT2D eigenvalue weighted by atomic mass is 35.5. The Morgan fingerprint density at radius 3 is 2.29 bits per heavy atom. The van der Waals surface area contributed by atoms with Crippen LogP contribution in [0.1, 0.15) is 5.56 Å². The number of hydrogen-bond donors (Lipinski definition) is 1. The normalized spacial score (nSPS) is 11.1. The van der Waals surface area contributed by atoms with E-state index in [1.54, 1.807) is 37.4 Å². The zero-order valence-electron chi connectivity index (χ0n) is 16.6. The van der Waals surface area contributed by atoms with Gasteiger partial charge < -0.3 is 10.1 Å². The molecule has 0 aromatic heterocycles. The number of carbonyl (C=O) groups excluding carboxylic acids is 1. The number of sulfonamides is 1. The van der Waals surface area contributed by atoms with Crippen LogP contribution in [0.15, 0.2) is 77.7 Å². The third-order valence-electron chi connectivity index (χ3n) is 4.45. The molecule has 0 radical (unpaired) electrons. The lowest BCUT2D eigenvalue weighted by atomic mass is 10.2. The van der Waals surface area contributed by atoms with Crippen LogP contribution in [0, 0.1) is 0 Å². The van der Waals surface area contributed by atoms with Crippen molar-refractivity contribution in [3.63, 3.8) is 0 Å². The maximum Gasteiger partial charge on any atom is 0.264 e. The standard InChI is InChI=1S/C22H20Cl2N2O4S/c1-30-18-10-7-16(8-11-18)14-25-22(27)15-26(21-12-9-17(23)13-20(21)24)31(28,29)19-5-3-2-4-6-19/h2-13H,14-15H2,1H3,(H,25,27). The molecule has 0 fully saturated rings. The molecule has 1 N–H and O–H groups in total. The van der Waals surface area contributed by atoms with Crippen molar-refractivity contribution in [1.82, 2.24) is 5.32 Å². The topological polar surface area (TPSA) is 75.7 Å². The molecule has 31 heavy (non-hydrogen) atoms. The van der Waals surface area contributed by atoms with Gasteiger partial charge in [-0.05, 0) is 48.0 Å². The van der Waals surface area contributed by atoms with Crippen LogP contribution < -0.4 is 14.4 Å². The second-order valence-electron chi connectivity index (χ2n) is 6.55. The lowest BCUT2D eigenvalue weighted by Crippen LogP contribution is -2.40. The Bertz CT molecular complexity index is 1150. The molecule has 0 aliphatic carbocycles. The fourth-order valence-electron chi connectivity index (χ4n) is 2.83. The van der Waals surface area contributed by atoms with Crippen LogP contribution in [0.3, 0.4) is 0 Å². The molecule has 1 amide bonds. The molecule has 162 valence electrons. The number of amides is 1. The molecule has 3 rings (SSSR count). The summed E-state index contributed by atoms with van der Waals surface area (Å²) in [5.41, 5.74) is 1.01. The van der Waals surface area contributed by atoms with Crippen LogP contribution in [0.2, 0.25) is 10.0 Å². The van der Waals surface area contributed by atoms with Crippen molar-refractivity contribution in [3.05, 3.63) is 88.4 Å². The Balaban J connectivity index is 1.85. The molecule has 0 saturated carbocycles. The van der Waals surface area contributed by atoms with Gasteiger partial charge in [0.2, 0.25) is 5.91 Å². The molecule has 9 heteroatoms. The number of carbonyl (C=O) groups is 1. The van der Waals surface area contributed by atoms with Crippen molar-refractivity contribution >= 4 is 44.8 Å². The minimum Gasteiger partial charge on any atom is -0.497 e. The number of nitrogens with one attached hydrogen (secondary N) is 1. The zero-order chi connectivity index (χ0) is 22.4. The van der Waals surface area contributed by atoms with Gasteiger partial charge in [-0.3, -0.25) is 9.10 Å². The summed E-state index contributed by atoms with van der Waals surface area (Å²) in [7, 11) is -2.48. The first kappa shape index (κ1) is 22.9. The minimum absolute atomic E-state index is 0.0453. The second kappa shape index (κ2) is 10.0. The smallest absolute Gasteiger partial charge is 0.264 e. The molecule has 0 aliphatic heterocycles. The Morgan fingerprint density at radius 2 is 1.68 bits per heavy atom. The lowest BCUT2D eigenvalue weighted by Gasteiger charge is -2.25. The van der Waals surface area contributed by atoms with Crippen molar-refractivity contribution in [1.29, 1.82) is 0 Å². The molecule has 0 atom stereocenters. The predicted molar refractivity (Wildman–Crippen MR) is 122 cm³/mol. The van der Waals surface area contributed by atoms with Gasteiger partial charge in [0.25, 0.3) is 10.0 Å². The van der Waals surface area contributed by atoms with Crippen LogP contribution in [-0.2, 0) is 21.4 Å². The van der Waals surface area contributed by atoms with Crippen LogP contribution in [0.5, 0.6) is 5.75 Å². The van der Waals surface area contributed by atoms with E-state index in [4.69, 9.17) is 27.9 Å². The molecule has 0 spiro atoms. The largest absolute Gasteiger partial charge is 0.497 e. The van der Waals surface area contributed by atoms with Gasteiger partial charge in [-0.15, -0.1) is 0 Å². The van der Waals surface area contributed by atoms with Crippen LogP contribution >= 0.6 is 23.2 Å². The summed E-state index contributed by atoms with van der Waals surface area (Å²) in [4.78, 5) is 12.7. The third-order valence-corrected chi connectivity index (χ3v) is 6.76. The van der Waals surface area contributed by atoms with Crippen LogP contribution in [0.4, 0.5) is 5.69 Å². The first-order chi connectivity index (χ1) is 14.8. The fourth-order valence-corrected chi connectivity index (χ4v) is 4.85. The third kappa shape index (κ3) is 5.70. The first-order valence-electron chi connectivity index (χ1n) is 9.24. The maximum absolute atomic E-state index is 13.3. The predicted octanol–water partition coefficient (Wildman–Crippen LogP) is 4.51. The van der Waals surface area contributed by atoms with Crippen molar-refractivity contribution in [3.8, 4) is 5.75 Å². The number of rotatable bonds is 8. The highest BCUT2D eigenvalue weighted by Gasteiger charge is 2.28. The van der Waals surface area contributed by atoms with E-state index >= 15 is 0 Å². The number of ether oxygens (including phenoxy) is 1. The van der Waals surface area contributed by atoms with Crippen LogP contribution in [-0.4, -0.2) is 28.0 Å². The van der Waals surface area contributed by atoms with Crippen molar-refractivity contribution in [2.24, 2.45) is 0 Å². The summed E-state index contributed by atoms with van der Waals surface area (Å²) in [5.74, 6) is 0.217. The number of benzene rings is 3. The van der Waals surface area contributed by atoms with E-state index < -0.39 is 22.5 Å². The highest BCUT2D eigenvalue weighted by molar-refractivity contribution is 7.92. The molecule has 6 nitrogen and oxygen atoms in total. The van der Waals surface area contributed by atoms with Gasteiger partial charge in [-0.25, -0.2) is 8.42 Å². The number of nitrogens with zero attached hydrogens (tertiary/aromatic N) is 1. The Labute approximate surface area is 191 Å². The monoisotopic (exact) mass is 478 g/mol. The number of methoxy groups -OCH3 is 1. The average Bonchev–Trinajstić information content (AvgIpc) is 2.77. The van der Waals surface area contributed by atoms with Gasteiger partial charge in [0.15, 0.2) is 0 Å². The summed E-state index contributed by atoms with van der Waals surface area (Å²) in [5, 5.41) is 3.21. The lowest BCUT2D eigenvalue weighted by molar-refractivity contribution is -0.119. The van der Waals surface area contributed by atoms with Crippen molar-refractivity contribution in [2.45, 2.75) is 11.4 Å². The van der Waals surface area contributed by atoms with Gasteiger partial charge in [0, 0.05) is 11.6 Å². The highest BCUT2D eigenvalue weighted by Crippen LogP contribution is 2.32. The van der Waals surface area contributed by atoms with Crippen molar-refractivity contribution < 1.29 is 17.9 Å². The molecule has 0 saturated heterocycles. The number of halogens is 2. The molecule has 0 heterocycles. The second-order valence-corrected chi connectivity index (χ2v) is 9.25. The molecule has 0 unspecified atom stereocenters. The number of hydrogen-bond acceptors (Lipinski definition) is 4. The molecular weight excluding hydrogens is 459 g/mol. The molecule has 3 aromatic rings. The van der Waals surface area contributed by atoms with E-state index in [1.807, 2.05) is 12.1 Å². The molecule has 0 aliphatic rings. The van der Waals surface area contributed by atoms with Gasteiger partial charge >= 0.3 is 0 Å².